The molecule has 52 valence electrons. The fraction of sp³-hybridized carbons (Fsp3) is 1.00. The van der Waals surface area contributed by atoms with Crippen molar-refractivity contribution in [3.63, 3.8) is 0 Å². The van der Waals surface area contributed by atoms with E-state index in [1.165, 1.54) is 0 Å². The molecule has 0 atom stereocenters. The fourth-order valence-electron chi connectivity index (χ4n) is 0. The molecule has 4 nitrogen and oxygen atoms in total. The zero-order chi connectivity index (χ0) is 7.21. The summed E-state index contributed by atoms with van der Waals surface area (Å²) in [6, 6.07) is 0. The molecule has 1 N–H and O–H groups in total. The van der Waals surface area contributed by atoms with Gasteiger partial charge in [-0.3, -0.25) is 4.18 Å². The molecular formula is C2H7ClO4S. The highest BCUT2D eigenvalue weighted by molar-refractivity contribution is 8.09. The van der Waals surface area contributed by atoms with E-state index >= 15 is 0 Å². The minimum absolute atomic E-state index is 0.988. The molecule has 0 unspecified atom stereocenters. The molecule has 0 aromatic carbocycles. The first-order valence-corrected chi connectivity index (χ1v) is 3.74. The van der Waals surface area contributed by atoms with Crippen LogP contribution in [-0.2, 0) is 13.5 Å². The highest BCUT2D eigenvalue weighted by atomic mass is 35.7. The molecule has 0 spiro atoms. The maximum absolute atomic E-state index is 9.54. The molecule has 8 heavy (non-hydrogen) atoms. The lowest BCUT2D eigenvalue weighted by molar-refractivity contribution is 0.399. The summed E-state index contributed by atoms with van der Waals surface area (Å²) in [4.78, 5) is 0. The van der Waals surface area contributed by atoms with Crippen LogP contribution in [-0.4, -0.2) is 27.7 Å². The minimum Gasteiger partial charge on any atom is -0.400 e. The monoisotopic (exact) mass is 162 g/mol. The summed E-state index contributed by atoms with van der Waals surface area (Å²) >= 11 is 0. The van der Waals surface area contributed by atoms with Crippen LogP contribution >= 0.6 is 10.7 Å². The summed E-state index contributed by atoms with van der Waals surface area (Å²) in [6.07, 6.45) is 0. The van der Waals surface area contributed by atoms with Gasteiger partial charge in [0.1, 0.15) is 0 Å². The lowest BCUT2D eigenvalue weighted by Gasteiger charge is -1.80. The molecular weight excluding hydrogens is 156 g/mol. The van der Waals surface area contributed by atoms with Crippen molar-refractivity contribution in [1.29, 1.82) is 0 Å². The highest BCUT2D eigenvalue weighted by Crippen LogP contribution is 1.92. The molecule has 6 heteroatoms. The lowest BCUT2D eigenvalue weighted by Crippen LogP contribution is -1.87. The van der Waals surface area contributed by atoms with Crippen LogP contribution < -0.4 is 0 Å². The van der Waals surface area contributed by atoms with Crippen molar-refractivity contribution >= 4 is 20.0 Å². The van der Waals surface area contributed by atoms with E-state index in [1.54, 1.807) is 0 Å². The Morgan fingerprint density at radius 2 is 1.62 bits per heavy atom. The van der Waals surface area contributed by atoms with Crippen LogP contribution in [0.15, 0.2) is 0 Å². The van der Waals surface area contributed by atoms with Gasteiger partial charge in [0.2, 0.25) is 0 Å². The van der Waals surface area contributed by atoms with Gasteiger partial charge in [-0.2, -0.15) is 8.42 Å². The van der Waals surface area contributed by atoms with E-state index in [0.29, 0.717) is 0 Å². The Hall–Kier alpha value is 0.160. The van der Waals surface area contributed by atoms with Crippen LogP contribution in [0.5, 0.6) is 0 Å². The van der Waals surface area contributed by atoms with Gasteiger partial charge in [0.25, 0.3) is 0 Å². The van der Waals surface area contributed by atoms with Gasteiger partial charge in [0, 0.05) is 17.8 Å². The summed E-state index contributed by atoms with van der Waals surface area (Å²) in [5, 5.41) is 7.00. The van der Waals surface area contributed by atoms with E-state index in [4.69, 9.17) is 5.11 Å². The number of aliphatic hydroxyl groups excluding tert-OH is 1. The normalized spacial score (nSPS) is 9.50. The average molecular weight is 163 g/mol. The zero-order valence-corrected chi connectivity index (χ0v) is 6.03. The molecule has 0 aromatic heterocycles. The van der Waals surface area contributed by atoms with Crippen molar-refractivity contribution in [3.05, 3.63) is 0 Å². The summed E-state index contributed by atoms with van der Waals surface area (Å²) in [5.41, 5.74) is 0. The van der Waals surface area contributed by atoms with Crippen molar-refractivity contribution in [2.24, 2.45) is 0 Å². The van der Waals surface area contributed by atoms with E-state index in [-0.39, 0.29) is 0 Å². The predicted octanol–water partition coefficient (Wildman–Crippen LogP) is -0.275. The number of hydrogen-bond donors (Lipinski definition) is 1. The molecule has 0 rings (SSSR count). The van der Waals surface area contributed by atoms with Gasteiger partial charge in [0.05, 0.1) is 7.11 Å². The lowest BCUT2D eigenvalue weighted by atomic mass is 11.8. The zero-order valence-electron chi connectivity index (χ0n) is 4.46. The summed E-state index contributed by atoms with van der Waals surface area (Å²) in [6.45, 7) is 0. The van der Waals surface area contributed by atoms with Crippen LogP contribution in [0, 0.1) is 0 Å². The Morgan fingerprint density at radius 1 is 1.50 bits per heavy atom. The standard InChI is InChI=1S/CH3ClO3S.CH4O/c1-5-6(2,3)4;1-2/h1H3;2H,1H3. The van der Waals surface area contributed by atoms with Crippen molar-refractivity contribution < 1.29 is 17.7 Å². The van der Waals surface area contributed by atoms with Gasteiger partial charge in [0.15, 0.2) is 0 Å². The first kappa shape index (κ1) is 11.0. The van der Waals surface area contributed by atoms with Crippen LogP contribution in [0.2, 0.25) is 0 Å². The summed E-state index contributed by atoms with van der Waals surface area (Å²) < 4.78 is 22.8. The maximum Gasteiger partial charge on any atom is 0.355 e. The van der Waals surface area contributed by atoms with Gasteiger partial charge in [-0.25, -0.2) is 0 Å². The molecule has 0 bridgehead atoms. The van der Waals surface area contributed by atoms with Crippen LogP contribution in [0.4, 0.5) is 0 Å². The van der Waals surface area contributed by atoms with Crippen LogP contribution in [0.3, 0.4) is 0 Å². The quantitative estimate of drug-likeness (QED) is 0.539. The van der Waals surface area contributed by atoms with E-state index < -0.39 is 9.33 Å². The molecule has 0 saturated heterocycles. The largest absolute Gasteiger partial charge is 0.400 e. The average Bonchev–Trinajstić information content (AvgIpc) is 1.71. The molecule has 0 aliphatic carbocycles. The van der Waals surface area contributed by atoms with Gasteiger partial charge in [-0.1, -0.05) is 0 Å². The number of aliphatic hydroxyl groups is 1. The fourth-order valence-corrected chi connectivity index (χ4v) is 0. The molecule has 0 radical (unpaired) electrons. The first-order valence-electron chi connectivity index (χ1n) is 1.51. The van der Waals surface area contributed by atoms with Gasteiger partial charge >= 0.3 is 9.33 Å². The number of hydrogen-bond acceptors (Lipinski definition) is 4. The second-order valence-corrected chi connectivity index (χ2v) is 2.81. The SMILES string of the molecule is CO.COS(=O)(=O)Cl. The Kier molecular flexibility index (Phi) is 7.30. The summed E-state index contributed by atoms with van der Waals surface area (Å²) in [7, 11) is 2.77. The Labute approximate surface area is 52.7 Å². The van der Waals surface area contributed by atoms with Crippen molar-refractivity contribution in [2.45, 2.75) is 0 Å². The first-order chi connectivity index (χ1) is 3.56. The number of rotatable bonds is 1. The van der Waals surface area contributed by atoms with Crippen molar-refractivity contribution in [2.75, 3.05) is 14.2 Å². The molecule has 0 aromatic rings. The van der Waals surface area contributed by atoms with Gasteiger partial charge in [-0.05, 0) is 0 Å². The summed E-state index contributed by atoms with van der Waals surface area (Å²) in [5.74, 6) is 0. The van der Waals surface area contributed by atoms with Gasteiger partial charge < -0.3 is 5.11 Å². The van der Waals surface area contributed by atoms with Crippen molar-refractivity contribution in [3.8, 4) is 0 Å². The van der Waals surface area contributed by atoms with Gasteiger partial charge in [-0.15, -0.1) is 0 Å². The Morgan fingerprint density at radius 3 is 1.62 bits per heavy atom. The molecule has 0 heterocycles. The van der Waals surface area contributed by atoms with Crippen molar-refractivity contribution in [1.82, 2.24) is 0 Å². The molecule has 0 amide bonds. The third-order valence-electron chi connectivity index (χ3n) is 0.199. The topological polar surface area (TPSA) is 63.6 Å². The smallest absolute Gasteiger partial charge is 0.355 e. The Bertz CT molecular complexity index is 116. The Balaban J connectivity index is 0. The third-order valence-corrected chi connectivity index (χ3v) is 0.975. The maximum atomic E-state index is 9.54. The molecule has 0 aliphatic heterocycles. The van der Waals surface area contributed by atoms with Crippen LogP contribution in [0.25, 0.3) is 0 Å². The van der Waals surface area contributed by atoms with E-state index in [0.717, 1.165) is 14.2 Å². The molecule has 0 fully saturated rings. The third kappa shape index (κ3) is 16.4. The minimum atomic E-state index is -3.69. The second-order valence-electron chi connectivity index (χ2n) is 0.560. The molecule has 0 saturated carbocycles. The van der Waals surface area contributed by atoms with E-state index in [1.807, 2.05) is 0 Å². The predicted molar refractivity (Wildman–Crippen MR) is 29.9 cm³/mol. The highest BCUT2D eigenvalue weighted by Gasteiger charge is 1.95. The van der Waals surface area contributed by atoms with E-state index in [9.17, 15) is 8.42 Å². The van der Waals surface area contributed by atoms with Crippen LogP contribution in [0.1, 0.15) is 0 Å². The molecule has 0 aliphatic rings. The number of halogens is 1. The second kappa shape index (κ2) is 5.30. The van der Waals surface area contributed by atoms with E-state index in [2.05, 4.69) is 14.9 Å².